The SMILES string of the molecule is COC(=O)c1occc1CN[C@@H](C)c1cccc(C)c1. The number of nitrogens with one attached hydrogen (secondary N) is 1. The minimum absolute atomic E-state index is 0.190. The van der Waals surface area contributed by atoms with Gasteiger partial charge >= 0.3 is 5.97 Å². The third-order valence-electron chi connectivity index (χ3n) is 3.26. The van der Waals surface area contributed by atoms with Crippen LogP contribution >= 0.6 is 0 Å². The number of furan rings is 1. The van der Waals surface area contributed by atoms with Gasteiger partial charge in [-0.2, -0.15) is 0 Å². The van der Waals surface area contributed by atoms with Crippen LogP contribution in [0.3, 0.4) is 0 Å². The molecule has 0 radical (unpaired) electrons. The number of aryl methyl sites for hydroxylation is 1. The monoisotopic (exact) mass is 273 g/mol. The molecule has 1 heterocycles. The maximum atomic E-state index is 11.5. The van der Waals surface area contributed by atoms with Crippen molar-refractivity contribution in [3.05, 3.63) is 59.0 Å². The highest BCUT2D eigenvalue weighted by atomic mass is 16.5. The average Bonchev–Trinajstić information content (AvgIpc) is 2.92. The van der Waals surface area contributed by atoms with Crippen LogP contribution in [0.2, 0.25) is 0 Å². The summed E-state index contributed by atoms with van der Waals surface area (Å²) < 4.78 is 9.84. The predicted octanol–water partition coefficient (Wildman–Crippen LogP) is 3.23. The van der Waals surface area contributed by atoms with Crippen molar-refractivity contribution in [1.82, 2.24) is 5.32 Å². The summed E-state index contributed by atoms with van der Waals surface area (Å²) in [6, 6.07) is 10.3. The quantitative estimate of drug-likeness (QED) is 0.850. The van der Waals surface area contributed by atoms with Crippen molar-refractivity contribution in [2.75, 3.05) is 7.11 Å². The lowest BCUT2D eigenvalue weighted by Crippen LogP contribution is -2.19. The predicted molar refractivity (Wildman–Crippen MR) is 76.5 cm³/mol. The van der Waals surface area contributed by atoms with Gasteiger partial charge in [-0.1, -0.05) is 29.8 Å². The molecule has 2 aromatic rings. The molecule has 0 aliphatic rings. The van der Waals surface area contributed by atoms with E-state index in [9.17, 15) is 4.79 Å². The number of carbonyl (C=O) groups excluding carboxylic acids is 1. The molecular weight excluding hydrogens is 254 g/mol. The van der Waals surface area contributed by atoms with Crippen LogP contribution in [0.15, 0.2) is 41.0 Å². The van der Waals surface area contributed by atoms with Gasteiger partial charge in [-0.05, 0) is 25.5 Å². The standard InChI is InChI=1S/C16H19NO3/c1-11-5-4-6-13(9-11)12(2)17-10-14-7-8-20-15(14)16(18)19-3/h4-9,12,17H,10H2,1-3H3/t12-/m0/s1. The van der Waals surface area contributed by atoms with Gasteiger partial charge < -0.3 is 14.5 Å². The molecule has 0 aliphatic heterocycles. The van der Waals surface area contributed by atoms with E-state index in [-0.39, 0.29) is 11.8 Å². The highest BCUT2D eigenvalue weighted by molar-refractivity contribution is 5.87. The van der Waals surface area contributed by atoms with E-state index in [0.717, 1.165) is 5.56 Å². The van der Waals surface area contributed by atoms with Crippen molar-refractivity contribution in [3.8, 4) is 0 Å². The first-order valence-corrected chi connectivity index (χ1v) is 6.56. The molecule has 106 valence electrons. The van der Waals surface area contributed by atoms with Gasteiger partial charge in [0.1, 0.15) is 0 Å². The summed E-state index contributed by atoms with van der Waals surface area (Å²) in [7, 11) is 1.34. The van der Waals surface area contributed by atoms with Crippen LogP contribution in [0, 0.1) is 6.92 Å². The van der Waals surface area contributed by atoms with Gasteiger partial charge in [0, 0.05) is 18.2 Å². The molecule has 0 unspecified atom stereocenters. The Bertz CT molecular complexity index is 589. The second kappa shape index (κ2) is 6.39. The maximum Gasteiger partial charge on any atom is 0.374 e. The van der Waals surface area contributed by atoms with E-state index < -0.39 is 5.97 Å². The summed E-state index contributed by atoms with van der Waals surface area (Å²) >= 11 is 0. The van der Waals surface area contributed by atoms with Crippen LogP contribution in [0.25, 0.3) is 0 Å². The van der Waals surface area contributed by atoms with Gasteiger partial charge in [0.2, 0.25) is 5.76 Å². The Kier molecular flexibility index (Phi) is 4.58. The van der Waals surface area contributed by atoms with Gasteiger partial charge in [-0.25, -0.2) is 4.79 Å². The smallest absolute Gasteiger partial charge is 0.374 e. The fourth-order valence-electron chi connectivity index (χ4n) is 2.07. The van der Waals surface area contributed by atoms with Crippen LogP contribution < -0.4 is 5.32 Å². The summed E-state index contributed by atoms with van der Waals surface area (Å²) in [6.45, 7) is 4.71. The highest BCUT2D eigenvalue weighted by Crippen LogP contribution is 2.16. The summed E-state index contributed by atoms with van der Waals surface area (Å²) in [5.74, 6) is -0.188. The van der Waals surface area contributed by atoms with E-state index in [1.54, 1.807) is 6.07 Å². The number of carbonyl (C=O) groups is 1. The second-order valence-corrected chi connectivity index (χ2v) is 4.78. The van der Waals surface area contributed by atoms with E-state index in [1.807, 2.05) is 6.07 Å². The van der Waals surface area contributed by atoms with Crippen molar-refractivity contribution in [2.45, 2.75) is 26.4 Å². The molecule has 1 aromatic heterocycles. The van der Waals surface area contributed by atoms with Crippen LogP contribution in [-0.4, -0.2) is 13.1 Å². The molecule has 0 aliphatic carbocycles. The van der Waals surface area contributed by atoms with Crippen LogP contribution in [0.1, 0.15) is 40.2 Å². The molecule has 20 heavy (non-hydrogen) atoms. The molecule has 0 saturated heterocycles. The Morgan fingerprint density at radius 2 is 2.20 bits per heavy atom. The van der Waals surface area contributed by atoms with Gasteiger partial charge in [0.15, 0.2) is 0 Å². The van der Waals surface area contributed by atoms with Crippen LogP contribution in [-0.2, 0) is 11.3 Å². The number of ether oxygens (including phenoxy) is 1. The normalized spacial score (nSPS) is 12.2. The number of hydrogen-bond acceptors (Lipinski definition) is 4. The van der Waals surface area contributed by atoms with Gasteiger partial charge in [-0.15, -0.1) is 0 Å². The zero-order valence-electron chi connectivity index (χ0n) is 12.0. The number of rotatable bonds is 5. The zero-order chi connectivity index (χ0) is 14.5. The first-order chi connectivity index (χ1) is 9.61. The second-order valence-electron chi connectivity index (χ2n) is 4.78. The Labute approximate surface area is 118 Å². The van der Waals surface area contributed by atoms with Crippen LogP contribution in [0.5, 0.6) is 0 Å². The lowest BCUT2D eigenvalue weighted by Gasteiger charge is -2.14. The Morgan fingerprint density at radius 3 is 2.90 bits per heavy atom. The molecule has 0 saturated carbocycles. The molecule has 0 bridgehead atoms. The maximum absolute atomic E-state index is 11.5. The number of esters is 1. The largest absolute Gasteiger partial charge is 0.463 e. The Morgan fingerprint density at radius 1 is 1.40 bits per heavy atom. The van der Waals surface area contributed by atoms with Crippen molar-refractivity contribution in [1.29, 1.82) is 0 Å². The lowest BCUT2D eigenvalue weighted by molar-refractivity contribution is 0.0563. The van der Waals surface area contributed by atoms with E-state index >= 15 is 0 Å². The molecule has 1 N–H and O–H groups in total. The van der Waals surface area contributed by atoms with E-state index in [2.05, 4.69) is 42.1 Å². The molecule has 1 atom stereocenters. The Balaban J connectivity index is 2.02. The van der Waals surface area contributed by atoms with Gasteiger partial charge in [0.25, 0.3) is 0 Å². The molecule has 4 nitrogen and oxygen atoms in total. The fraction of sp³-hybridized carbons (Fsp3) is 0.312. The zero-order valence-corrected chi connectivity index (χ0v) is 12.0. The topological polar surface area (TPSA) is 51.5 Å². The summed E-state index contributed by atoms with van der Waals surface area (Å²) in [4.78, 5) is 11.5. The van der Waals surface area contributed by atoms with Gasteiger partial charge in [0.05, 0.1) is 13.4 Å². The van der Waals surface area contributed by atoms with Crippen molar-refractivity contribution in [2.24, 2.45) is 0 Å². The van der Waals surface area contributed by atoms with Crippen LogP contribution in [0.4, 0.5) is 0 Å². The summed E-state index contributed by atoms with van der Waals surface area (Å²) in [5, 5.41) is 3.38. The molecule has 2 rings (SSSR count). The summed E-state index contributed by atoms with van der Waals surface area (Å²) in [5.41, 5.74) is 3.25. The van der Waals surface area contributed by atoms with E-state index in [4.69, 9.17) is 4.42 Å². The molecule has 0 amide bonds. The Hall–Kier alpha value is -2.07. The third kappa shape index (κ3) is 3.27. The van der Waals surface area contributed by atoms with E-state index in [0.29, 0.717) is 6.54 Å². The molecular formula is C16H19NO3. The number of benzene rings is 1. The molecule has 4 heteroatoms. The van der Waals surface area contributed by atoms with E-state index in [1.165, 1.54) is 24.5 Å². The lowest BCUT2D eigenvalue weighted by atomic mass is 10.1. The third-order valence-corrected chi connectivity index (χ3v) is 3.26. The first kappa shape index (κ1) is 14.3. The van der Waals surface area contributed by atoms with Crippen molar-refractivity contribution in [3.63, 3.8) is 0 Å². The molecule has 1 aromatic carbocycles. The van der Waals surface area contributed by atoms with Crippen molar-refractivity contribution < 1.29 is 13.9 Å². The van der Waals surface area contributed by atoms with Crippen molar-refractivity contribution >= 4 is 5.97 Å². The highest BCUT2D eigenvalue weighted by Gasteiger charge is 2.16. The fourth-order valence-corrected chi connectivity index (χ4v) is 2.07. The average molecular weight is 273 g/mol. The summed E-state index contributed by atoms with van der Waals surface area (Å²) in [6.07, 6.45) is 1.50. The number of methoxy groups -OCH3 is 1. The molecule has 0 spiro atoms. The first-order valence-electron chi connectivity index (χ1n) is 6.56. The minimum Gasteiger partial charge on any atom is -0.463 e. The van der Waals surface area contributed by atoms with Gasteiger partial charge in [-0.3, -0.25) is 0 Å². The molecule has 0 fully saturated rings. The number of hydrogen-bond donors (Lipinski definition) is 1. The minimum atomic E-state index is -0.449.